The van der Waals surface area contributed by atoms with E-state index in [-0.39, 0.29) is 5.82 Å². The molecule has 0 radical (unpaired) electrons. The summed E-state index contributed by atoms with van der Waals surface area (Å²) in [6, 6.07) is 3.85. The number of thiophene rings is 1. The third-order valence-corrected chi connectivity index (χ3v) is 4.41. The first-order valence-electron chi connectivity index (χ1n) is 3.62. The molecule has 0 unspecified atom stereocenters. The highest BCUT2D eigenvalue weighted by molar-refractivity contribution is 9.10. The Labute approximate surface area is 92.3 Å². The average Bonchev–Trinajstić information content (AvgIpc) is 2.46. The molecule has 4 heteroatoms. The van der Waals surface area contributed by atoms with Gasteiger partial charge in [0.05, 0.1) is 0 Å². The predicted octanol–water partition coefficient (Wildman–Crippen LogP) is 4.52. The Hall–Kier alpha value is -0.0600. The largest absolute Gasteiger partial charge is 0.205 e. The van der Waals surface area contributed by atoms with E-state index in [1.807, 2.05) is 18.4 Å². The molecule has 0 saturated heterocycles. The van der Waals surface area contributed by atoms with Crippen molar-refractivity contribution < 1.29 is 4.39 Å². The molecule has 2 aromatic rings. The highest BCUT2D eigenvalue weighted by Crippen LogP contribution is 2.34. The van der Waals surface area contributed by atoms with Crippen LogP contribution in [0.2, 0.25) is 0 Å². The van der Waals surface area contributed by atoms with Gasteiger partial charge < -0.3 is 0 Å². The third-order valence-electron chi connectivity index (χ3n) is 1.80. The molecule has 0 nitrogen and oxygen atoms in total. The molecule has 0 aliphatic heterocycles. The van der Waals surface area contributed by atoms with E-state index < -0.39 is 0 Å². The summed E-state index contributed by atoms with van der Waals surface area (Å²) in [5, 5.41) is 2.26. The van der Waals surface area contributed by atoms with Crippen molar-refractivity contribution in [2.75, 3.05) is 6.26 Å². The van der Waals surface area contributed by atoms with E-state index in [9.17, 15) is 4.39 Å². The zero-order valence-corrected chi connectivity index (χ0v) is 10.0. The van der Waals surface area contributed by atoms with Crippen molar-refractivity contribution in [2.45, 2.75) is 4.90 Å². The van der Waals surface area contributed by atoms with Crippen LogP contribution in [0.15, 0.2) is 26.9 Å². The monoisotopic (exact) mass is 276 g/mol. The van der Waals surface area contributed by atoms with Gasteiger partial charge in [-0.1, -0.05) is 0 Å². The van der Waals surface area contributed by atoms with Gasteiger partial charge in [0, 0.05) is 24.8 Å². The summed E-state index contributed by atoms with van der Waals surface area (Å²) in [4.78, 5) is 1.07. The lowest BCUT2D eigenvalue weighted by Crippen LogP contribution is -1.75. The molecule has 0 saturated carbocycles. The number of hydrogen-bond acceptors (Lipinski definition) is 2. The molecule has 0 N–H and O–H groups in total. The molecule has 68 valence electrons. The second-order valence-corrected chi connectivity index (χ2v) is 5.18. The maximum Gasteiger partial charge on any atom is 0.141 e. The standard InChI is InChI=1S/C9H6BrFS2/c1-12-9-2-5-7(11)4-13-8(5)3-6(9)10/h2-4H,1H3. The number of hydrogen-bond donors (Lipinski definition) is 0. The summed E-state index contributed by atoms with van der Waals surface area (Å²) in [6.45, 7) is 0. The number of fused-ring (bicyclic) bond motifs is 1. The first-order valence-corrected chi connectivity index (χ1v) is 6.52. The Bertz CT molecular complexity index is 450. The lowest BCUT2D eigenvalue weighted by atomic mass is 10.2. The summed E-state index contributed by atoms with van der Waals surface area (Å²) < 4.78 is 15.2. The number of thioether (sulfide) groups is 1. The van der Waals surface area contributed by atoms with Crippen LogP contribution >= 0.6 is 39.0 Å². The Kier molecular flexibility index (Phi) is 2.62. The van der Waals surface area contributed by atoms with Crippen LogP contribution in [0, 0.1) is 5.82 Å². The fourth-order valence-corrected chi connectivity index (χ4v) is 3.45. The Morgan fingerprint density at radius 1 is 1.46 bits per heavy atom. The van der Waals surface area contributed by atoms with E-state index in [2.05, 4.69) is 15.9 Å². The van der Waals surface area contributed by atoms with Gasteiger partial charge in [0.15, 0.2) is 0 Å². The minimum Gasteiger partial charge on any atom is -0.205 e. The smallest absolute Gasteiger partial charge is 0.141 e. The lowest BCUT2D eigenvalue weighted by molar-refractivity contribution is 0.644. The molecule has 0 spiro atoms. The van der Waals surface area contributed by atoms with Crippen molar-refractivity contribution in [3.63, 3.8) is 0 Å². The number of rotatable bonds is 1. The lowest BCUT2D eigenvalue weighted by Gasteiger charge is -2.00. The van der Waals surface area contributed by atoms with Crippen LogP contribution in [0.3, 0.4) is 0 Å². The number of halogens is 2. The van der Waals surface area contributed by atoms with Gasteiger partial charge in [0.2, 0.25) is 0 Å². The fraction of sp³-hybridized carbons (Fsp3) is 0.111. The van der Waals surface area contributed by atoms with Crippen molar-refractivity contribution in [1.82, 2.24) is 0 Å². The van der Waals surface area contributed by atoms with Gasteiger partial charge in [0.25, 0.3) is 0 Å². The molecular formula is C9H6BrFS2. The van der Waals surface area contributed by atoms with E-state index in [1.165, 1.54) is 11.3 Å². The molecule has 0 aliphatic rings. The second kappa shape index (κ2) is 3.59. The molecule has 0 atom stereocenters. The van der Waals surface area contributed by atoms with E-state index >= 15 is 0 Å². The SMILES string of the molecule is CSc1cc2c(F)csc2cc1Br. The quantitative estimate of drug-likeness (QED) is 0.690. The molecule has 13 heavy (non-hydrogen) atoms. The van der Waals surface area contributed by atoms with Crippen LogP contribution in [0.5, 0.6) is 0 Å². The molecule has 0 bridgehead atoms. The molecule has 1 heterocycles. The van der Waals surface area contributed by atoms with Gasteiger partial charge in [-0.3, -0.25) is 0 Å². The fourth-order valence-electron chi connectivity index (χ4n) is 1.15. The summed E-state index contributed by atoms with van der Waals surface area (Å²) in [5.41, 5.74) is 0. The summed E-state index contributed by atoms with van der Waals surface area (Å²) in [5.74, 6) is -0.122. The first-order chi connectivity index (χ1) is 6.22. The molecule has 1 aromatic heterocycles. The van der Waals surface area contributed by atoms with E-state index in [0.717, 1.165) is 19.5 Å². The highest BCUT2D eigenvalue weighted by Gasteiger charge is 2.07. The van der Waals surface area contributed by atoms with Crippen molar-refractivity contribution in [2.24, 2.45) is 0 Å². The van der Waals surface area contributed by atoms with Gasteiger partial charge in [0.1, 0.15) is 5.82 Å². The van der Waals surface area contributed by atoms with Crippen LogP contribution in [0.25, 0.3) is 10.1 Å². The number of benzene rings is 1. The van der Waals surface area contributed by atoms with Crippen molar-refractivity contribution >= 4 is 49.1 Å². The maximum absolute atomic E-state index is 13.2. The van der Waals surface area contributed by atoms with E-state index in [0.29, 0.717) is 0 Å². The maximum atomic E-state index is 13.2. The van der Waals surface area contributed by atoms with Gasteiger partial charge in [-0.15, -0.1) is 23.1 Å². The minimum atomic E-state index is -0.122. The van der Waals surface area contributed by atoms with Gasteiger partial charge >= 0.3 is 0 Å². The van der Waals surface area contributed by atoms with Crippen LogP contribution in [-0.2, 0) is 0 Å². The van der Waals surface area contributed by atoms with Gasteiger partial charge in [-0.2, -0.15) is 0 Å². The average molecular weight is 277 g/mol. The summed E-state index contributed by atoms with van der Waals surface area (Å²) in [6.07, 6.45) is 1.98. The summed E-state index contributed by atoms with van der Waals surface area (Å²) >= 11 is 6.50. The zero-order chi connectivity index (χ0) is 9.42. The van der Waals surface area contributed by atoms with Crippen molar-refractivity contribution in [3.8, 4) is 0 Å². The first kappa shape index (κ1) is 9.49. The highest BCUT2D eigenvalue weighted by atomic mass is 79.9. The van der Waals surface area contributed by atoms with Crippen LogP contribution < -0.4 is 0 Å². The molecule has 0 fully saturated rings. The predicted molar refractivity (Wildman–Crippen MR) is 61.3 cm³/mol. The van der Waals surface area contributed by atoms with Crippen LogP contribution in [-0.4, -0.2) is 6.26 Å². The van der Waals surface area contributed by atoms with Crippen LogP contribution in [0.1, 0.15) is 0 Å². The van der Waals surface area contributed by atoms with Crippen LogP contribution in [0.4, 0.5) is 4.39 Å². The minimum absolute atomic E-state index is 0.122. The zero-order valence-electron chi connectivity index (χ0n) is 6.80. The Morgan fingerprint density at radius 3 is 2.92 bits per heavy atom. The summed E-state index contributed by atoms with van der Waals surface area (Å²) in [7, 11) is 0. The van der Waals surface area contributed by atoms with Gasteiger partial charge in [-0.05, 0) is 34.3 Å². The Balaban J connectivity index is 2.77. The van der Waals surface area contributed by atoms with E-state index in [1.54, 1.807) is 17.1 Å². The van der Waals surface area contributed by atoms with E-state index in [4.69, 9.17) is 0 Å². The second-order valence-electron chi connectivity index (χ2n) is 2.57. The normalized spacial score (nSPS) is 11.0. The van der Waals surface area contributed by atoms with Gasteiger partial charge in [-0.25, -0.2) is 4.39 Å². The topological polar surface area (TPSA) is 0 Å². The molecular weight excluding hydrogens is 271 g/mol. The Morgan fingerprint density at radius 2 is 2.23 bits per heavy atom. The molecule has 0 aliphatic carbocycles. The molecule has 0 amide bonds. The third kappa shape index (κ3) is 1.63. The van der Waals surface area contributed by atoms with Crippen molar-refractivity contribution in [1.29, 1.82) is 0 Å². The van der Waals surface area contributed by atoms with Crippen molar-refractivity contribution in [3.05, 3.63) is 27.8 Å². The molecule has 2 rings (SSSR count). The molecule has 1 aromatic carbocycles.